The summed E-state index contributed by atoms with van der Waals surface area (Å²) in [6.07, 6.45) is 6.97. The van der Waals surface area contributed by atoms with Crippen LogP contribution in [0.5, 0.6) is 0 Å². The monoisotopic (exact) mass is 396 g/mol. The lowest BCUT2D eigenvalue weighted by Crippen LogP contribution is -2.45. The minimum absolute atomic E-state index is 0.649. The van der Waals surface area contributed by atoms with Gasteiger partial charge < -0.3 is 26.6 Å². The SMILES string of the molecule is CCO[Si](CCCCCCCC[Si](OC)(OC)OC)(OCC)OCC. The summed E-state index contributed by atoms with van der Waals surface area (Å²) < 4.78 is 34.0. The van der Waals surface area contributed by atoms with Gasteiger partial charge in [-0.3, -0.25) is 0 Å². The average Bonchev–Trinajstić information content (AvgIpc) is 2.62. The molecule has 0 amide bonds. The first-order chi connectivity index (χ1) is 12.1. The third-order valence-corrected chi connectivity index (χ3v) is 10.2. The van der Waals surface area contributed by atoms with Crippen LogP contribution in [0.1, 0.15) is 59.3 Å². The molecule has 25 heavy (non-hydrogen) atoms. The van der Waals surface area contributed by atoms with Crippen molar-refractivity contribution in [2.75, 3.05) is 41.2 Å². The van der Waals surface area contributed by atoms with Gasteiger partial charge in [-0.2, -0.15) is 0 Å². The van der Waals surface area contributed by atoms with E-state index in [1.807, 2.05) is 20.8 Å². The highest BCUT2D eigenvalue weighted by Crippen LogP contribution is 2.22. The third-order valence-electron chi connectivity index (χ3n) is 4.24. The highest BCUT2D eigenvalue weighted by molar-refractivity contribution is 6.61. The van der Waals surface area contributed by atoms with Crippen molar-refractivity contribution >= 4 is 17.6 Å². The smallest absolute Gasteiger partial charge is 0.377 e. The molecular weight excluding hydrogens is 356 g/mol. The summed E-state index contributed by atoms with van der Waals surface area (Å²) in [4.78, 5) is 0. The van der Waals surface area contributed by atoms with Gasteiger partial charge in [-0.25, -0.2) is 0 Å². The Labute approximate surface area is 157 Å². The van der Waals surface area contributed by atoms with Crippen molar-refractivity contribution in [2.24, 2.45) is 0 Å². The zero-order valence-corrected chi connectivity index (χ0v) is 19.2. The lowest BCUT2D eigenvalue weighted by Gasteiger charge is -2.28. The van der Waals surface area contributed by atoms with E-state index in [0.717, 1.165) is 24.9 Å². The molecule has 0 aliphatic carbocycles. The molecule has 0 aromatic rings. The van der Waals surface area contributed by atoms with Crippen LogP contribution in [0.25, 0.3) is 0 Å². The number of rotatable bonds is 18. The van der Waals surface area contributed by atoms with E-state index in [4.69, 9.17) is 26.6 Å². The highest BCUT2D eigenvalue weighted by Gasteiger charge is 2.39. The Hall–Kier alpha value is 0.194. The van der Waals surface area contributed by atoms with Crippen LogP contribution < -0.4 is 0 Å². The molecule has 0 radical (unpaired) electrons. The van der Waals surface area contributed by atoms with Crippen LogP contribution in [0.4, 0.5) is 0 Å². The molecule has 0 unspecified atom stereocenters. The van der Waals surface area contributed by atoms with E-state index >= 15 is 0 Å². The summed E-state index contributed by atoms with van der Waals surface area (Å²) in [6, 6.07) is 1.79. The Bertz CT molecular complexity index is 278. The summed E-state index contributed by atoms with van der Waals surface area (Å²) in [5, 5.41) is 0. The Balaban J connectivity index is 3.96. The third kappa shape index (κ3) is 10.2. The summed E-state index contributed by atoms with van der Waals surface area (Å²) >= 11 is 0. The molecule has 152 valence electrons. The van der Waals surface area contributed by atoms with E-state index in [1.165, 1.54) is 25.7 Å². The van der Waals surface area contributed by atoms with Crippen LogP contribution in [-0.4, -0.2) is 58.8 Å². The van der Waals surface area contributed by atoms with Gasteiger partial charge in [0.1, 0.15) is 0 Å². The summed E-state index contributed by atoms with van der Waals surface area (Å²) in [5.74, 6) is 0. The number of hydrogen-bond donors (Lipinski definition) is 0. The Kier molecular flexibility index (Phi) is 15.4. The molecule has 0 spiro atoms. The summed E-state index contributed by atoms with van der Waals surface area (Å²) in [6.45, 7) is 7.96. The molecule has 0 rings (SSSR count). The lowest BCUT2D eigenvalue weighted by molar-refractivity contribution is 0.0706. The van der Waals surface area contributed by atoms with Gasteiger partial charge in [0.15, 0.2) is 0 Å². The van der Waals surface area contributed by atoms with Gasteiger partial charge in [-0.1, -0.05) is 25.7 Å². The van der Waals surface area contributed by atoms with Crippen molar-refractivity contribution in [3.05, 3.63) is 0 Å². The first-order valence-corrected chi connectivity index (χ1v) is 13.5. The predicted molar refractivity (Wildman–Crippen MR) is 105 cm³/mol. The lowest BCUT2D eigenvalue weighted by atomic mass is 10.1. The Morgan fingerprint density at radius 2 is 0.800 bits per heavy atom. The quantitative estimate of drug-likeness (QED) is 0.255. The normalized spacial score (nSPS) is 12.7. The fourth-order valence-corrected chi connectivity index (χ4v) is 7.43. The molecule has 0 fully saturated rings. The molecule has 0 aliphatic heterocycles. The van der Waals surface area contributed by atoms with Gasteiger partial charge in [-0.15, -0.1) is 0 Å². The highest BCUT2D eigenvalue weighted by atomic mass is 28.4. The van der Waals surface area contributed by atoms with E-state index in [2.05, 4.69) is 0 Å². The van der Waals surface area contributed by atoms with E-state index in [1.54, 1.807) is 21.3 Å². The molecule has 0 bridgehead atoms. The molecule has 0 atom stereocenters. The van der Waals surface area contributed by atoms with E-state index in [-0.39, 0.29) is 0 Å². The van der Waals surface area contributed by atoms with Crippen LogP contribution >= 0.6 is 0 Å². The summed E-state index contributed by atoms with van der Waals surface area (Å²) in [5.41, 5.74) is 0. The predicted octanol–water partition coefficient (Wildman–Crippen LogP) is 4.25. The zero-order valence-electron chi connectivity index (χ0n) is 17.2. The van der Waals surface area contributed by atoms with Gasteiger partial charge in [0.25, 0.3) is 0 Å². The van der Waals surface area contributed by atoms with Gasteiger partial charge in [-0.05, 0) is 33.6 Å². The van der Waals surface area contributed by atoms with Crippen molar-refractivity contribution < 1.29 is 26.6 Å². The molecule has 0 aliphatic rings. The molecule has 0 N–H and O–H groups in total. The maximum absolute atomic E-state index is 5.89. The van der Waals surface area contributed by atoms with Gasteiger partial charge >= 0.3 is 17.6 Å². The van der Waals surface area contributed by atoms with Crippen LogP contribution in [0.15, 0.2) is 0 Å². The van der Waals surface area contributed by atoms with Crippen molar-refractivity contribution in [2.45, 2.75) is 71.4 Å². The maximum atomic E-state index is 5.89. The average molecular weight is 397 g/mol. The molecular formula is C17H40O6Si2. The molecule has 0 saturated heterocycles. The van der Waals surface area contributed by atoms with Crippen LogP contribution in [0, 0.1) is 0 Å². The topological polar surface area (TPSA) is 55.4 Å². The van der Waals surface area contributed by atoms with Crippen molar-refractivity contribution in [1.82, 2.24) is 0 Å². The van der Waals surface area contributed by atoms with Crippen LogP contribution in [0.2, 0.25) is 12.1 Å². The maximum Gasteiger partial charge on any atom is 0.500 e. The minimum atomic E-state index is -2.45. The summed E-state index contributed by atoms with van der Waals surface area (Å²) in [7, 11) is 0.170. The van der Waals surface area contributed by atoms with Crippen molar-refractivity contribution in [3.63, 3.8) is 0 Å². The van der Waals surface area contributed by atoms with E-state index < -0.39 is 17.6 Å². The first-order valence-electron chi connectivity index (χ1n) is 9.64. The Morgan fingerprint density at radius 3 is 1.12 bits per heavy atom. The van der Waals surface area contributed by atoms with Crippen molar-refractivity contribution in [1.29, 1.82) is 0 Å². The molecule has 8 heteroatoms. The second kappa shape index (κ2) is 15.3. The molecule has 0 aromatic heterocycles. The Morgan fingerprint density at radius 1 is 0.480 bits per heavy atom. The molecule has 0 saturated carbocycles. The van der Waals surface area contributed by atoms with Gasteiger partial charge in [0.2, 0.25) is 0 Å². The molecule has 0 aromatic carbocycles. The van der Waals surface area contributed by atoms with E-state index in [0.29, 0.717) is 19.8 Å². The fourth-order valence-electron chi connectivity index (χ4n) is 2.95. The fraction of sp³-hybridized carbons (Fsp3) is 1.00. The number of hydrogen-bond acceptors (Lipinski definition) is 6. The number of unbranched alkanes of at least 4 members (excludes halogenated alkanes) is 5. The van der Waals surface area contributed by atoms with E-state index in [9.17, 15) is 0 Å². The largest absolute Gasteiger partial charge is 0.500 e. The molecule has 6 nitrogen and oxygen atoms in total. The minimum Gasteiger partial charge on any atom is -0.377 e. The van der Waals surface area contributed by atoms with Crippen LogP contribution in [-0.2, 0) is 26.6 Å². The second-order valence-corrected chi connectivity index (χ2v) is 11.7. The van der Waals surface area contributed by atoms with Crippen molar-refractivity contribution in [3.8, 4) is 0 Å². The standard InChI is InChI=1S/C17H40O6Si2/c1-7-21-25(22-8-2,23-9-3)17-15-13-11-10-12-14-16-24(18-4,19-5)20-6/h7-17H2,1-6H3. The zero-order chi connectivity index (χ0) is 19.0. The molecule has 0 heterocycles. The van der Waals surface area contributed by atoms with Crippen LogP contribution in [0.3, 0.4) is 0 Å². The van der Waals surface area contributed by atoms with Gasteiger partial charge in [0.05, 0.1) is 0 Å². The first kappa shape index (κ1) is 25.2. The second-order valence-electron chi connectivity index (χ2n) is 5.90. The van der Waals surface area contributed by atoms with Gasteiger partial charge in [0, 0.05) is 53.2 Å².